The van der Waals surface area contributed by atoms with E-state index < -0.39 is 0 Å². The Kier molecular flexibility index (Phi) is 4.94. The van der Waals surface area contributed by atoms with Crippen LogP contribution in [0.5, 0.6) is 0 Å². The summed E-state index contributed by atoms with van der Waals surface area (Å²) in [6, 6.07) is 0. The molecule has 2 nitrogen and oxygen atoms in total. The van der Waals surface area contributed by atoms with Crippen LogP contribution in [0.25, 0.3) is 0 Å². The molecule has 1 rings (SSSR count). The van der Waals surface area contributed by atoms with Gasteiger partial charge >= 0.3 is 0 Å². The van der Waals surface area contributed by atoms with Gasteiger partial charge in [-0.2, -0.15) is 11.8 Å². The van der Waals surface area contributed by atoms with Crippen molar-refractivity contribution in [3.8, 4) is 0 Å². The molecule has 90 valence electrons. The minimum absolute atomic E-state index is 0.246. The summed E-state index contributed by atoms with van der Waals surface area (Å²) in [7, 11) is 0. The summed E-state index contributed by atoms with van der Waals surface area (Å²) in [4.78, 5) is 2.61. The predicted octanol–water partition coefficient (Wildman–Crippen LogP) is 2.20. The lowest BCUT2D eigenvalue weighted by atomic mass is 10.0. The van der Waals surface area contributed by atoms with Crippen molar-refractivity contribution in [2.75, 3.05) is 26.2 Å². The molecule has 2 atom stereocenters. The van der Waals surface area contributed by atoms with E-state index in [4.69, 9.17) is 0 Å². The first kappa shape index (κ1) is 13.3. The first-order chi connectivity index (χ1) is 6.93. The van der Waals surface area contributed by atoms with E-state index in [0.717, 1.165) is 23.6 Å². The van der Waals surface area contributed by atoms with Crippen LogP contribution < -0.4 is 5.32 Å². The second kappa shape index (κ2) is 5.55. The Bertz CT molecular complexity index is 184. The molecule has 1 aliphatic heterocycles. The highest BCUT2D eigenvalue weighted by atomic mass is 32.2. The largest absolute Gasteiger partial charge is 0.311 e. The molecule has 1 saturated heterocycles. The standard InChI is InChI=1S/C12H26N2S/c1-6-13-12(4,5)9-14-7-10(2)15-11(3)8-14/h10-11,13H,6-9H2,1-5H3. The molecule has 1 N–H and O–H groups in total. The highest BCUT2D eigenvalue weighted by Gasteiger charge is 2.27. The molecule has 0 aliphatic carbocycles. The smallest absolute Gasteiger partial charge is 0.0252 e. The second-order valence-electron chi connectivity index (χ2n) is 5.37. The lowest BCUT2D eigenvalue weighted by Gasteiger charge is -2.39. The zero-order valence-electron chi connectivity index (χ0n) is 10.8. The number of likely N-dealkylation sites (N-methyl/N-ethyl adjacent to an activating group) is 1. The molecule has 0 bridgehead atoms. The van der Waals surface area contributed by atoms with Crippen LogP contribution in [0.4, 0.5) is 0 Å². The quantitative estimate of drug-likeness (QED) is 0.797. The minimum Gasteiger partial charge on any atom is -0.311 e. The van der Waals surface area contributed by atoms with Crippen LogP contribution in [0.2, 0.25) is 0 Å². The van der Waals surface area contributed by atoms with Crippen LogP contribution in [0, 0.1) is 0 Å². The number of nitrogens with zero attached hydrogens (tertiary/aromatic N) is 1. The monoisotopic (exact) mass is 230 g/mol. The van der Waals surface area contributed by atoms with Gasteiger partial charge in [0.1, 0.15) is 0 Å². The van der Waals surface area contributed by atoms with Crippen molar-refractivity contribution in [1.82, 2.24) is 10.2 Å². The first-order valence-corrected chi connectivity index (χ1v) is 7.00. The average Bonchev–Trinajstić information content (AvgIpc) is 1.99. The molecular formula is C12H26N2S. The molecule has 3 heteroatoms. The first-order valence-electron chi connectivity index (χ1n) is 6.06. The highest BCUT2D eigenvalue weighted by molar-refractivity contribution is 8.00. The highest BCUT2D eigenvalue weighted by Crippen LogP contribution is 2.25. The fourth-order valence-electron chi connectivity index (χ4n) is 2.51. The Morgan fingerprint density at radius 1 is 1.27 bits per heavy atom. The van der Waals surface area contributed by atoms with Gasteiger partial charge in [0, 0.05) is 35.7 Å². The van der Waals surface area contributed by atoms with Crippen LogP contribution in [0.1, 0.15) is 34.6 Å². The number of nitrogens with one attached hydrogen (secondary N) is 1. The average molecular weight is 230 g/mol. The van der Waals surface area contributed by atoms with Crippen LogP contribution in [-0.4, -0.2) is 47.1 Å². The van der Waals surface area contributed by atoms with Crippen molar-refractivity contribution in [1.29, 1.82) is 0 Å². The molecule has 15 heavy (non-hydrogen) atoms. The fraction of sp³-hybridized carbons (Fsp3) is 1.00. The molecule has 0 radical (unpaired) electrons. The summed E-state index contributed by atoms with van der Waals surface area (Å²) in [5, 5.41) is 5.12. The number of rotatable bonds is 4. The van der Waals surface area contributed by atoms with Gasteiger partial charge in [-0.25, -0.2) is 0 Å². The molecule has 1 heterocycles. The second-order valence-corrected chi connectivity index (χ2v) is 7.25. The van der Waals surface area contributed by atoms with Crippen molar-refractivity contribution in [2.45, 2.75) is 50.7 Å². The normalized spacial score (nSPS) is 29.4. The molecule has 0 amide bonds. The number of thioether (sulfide) groups is 1. The third-order valence-corrected chi connectivity index (χ3v) is 4.00. The Morgan fingerprint density at radius 3 is 2.27 bits per heavy atom. The predicted molar refractivity (Wildman–Crippen MR) is 70.7 cm³/mol. The zero-order chi connectivity index (χ0) is 11.5. The molecule has 1 fully saturated rings. The number of hydrogen-bond donors (Lipinski definition) is 1. The number of hydrogen-bond acceptors (Lipinski definition) is 3. The topological polar surface area (TPSA) is 15.3 Å². The van der Waals surface area contributed by atoms with E-state index >= 15 is 0 Å². The minimum atomic E-state index is 0.246. The van der Waals surface area contributed by atoms with Crippen molar-refractivity contribution in [3.63, 3.8) is 0 Å². The van der Waals surface area contributed by atoms with Gasteiger partial charge in [-0.3, -0.25) is 4.90 Å². The van der Waals surface area contributed by atoms with Crippen molar-refractivity contribution < 1.29 is 0 Å². The third kappa shape index (κ3) is 4.75. The summed E-state index contributed by atoms with van der Waals surface area (Å²) in [6.45, 7) is 16.2. The van der Waals surface area contributed by atoms with Crippen LogP contribution in [0.3, 0.4) is 0 Å². The van der Waals surface area contributed by atoms with Gasteiger partial charge in [0.05, 0.1) is 0 Å². The lowest BCUT2D eigenvalue weighted by Crippen LogP contribution is -2.52. The Morgan fingerprint density at radius 2 is 1.80 bits per heavy atom. The Labute approximate surface area is 99.2 Å². The van der Waals surface area contributed by atoms with E-state index in [1.54, 1.807) is 0 Å². The molecule has 0 aromatic rings. The van der Waals surface area contributed by atoms with Crippen LogP contribution in [0.15, 0.2) is 0 Å². The summed E-state index contributed by atoms with van der Waals surface area (Å²) in [6.07, 6.45) is 0. The molecular weight excluding hydrogens is 204 g/mol. The van der Waals surface area contributed by atoms with Gasteiger partial charge in [0.2, 0.25) is 0 Å². The maximum Gasteiger partial charge on any atom is 0.0252 e. The van der Waals surface area contributed by atoms with E-state index in [0.29, 0.717) is 0 Å². The van der Waals surface area contributed by atoms with Gasteiger partial charge in [0.25, 0.3) is 0 Å². The third-order valence-electron chi connectivity index (χ3n) is 2.77. The molecule has 0 aromatic carbocycles. The fourth-order valence-corrected chi connectivity index (χ4v) is 3.89. The van der Waals surface area contributed by atoms with E-state index in [9.17, 15) is 0 Å². The summed E-state index contributed by atoms with van der Waals surface area (Å²) < 4.78 is 0. The summed E-state index contributed by atoms with van der Waals surface area (Å²) in [5.41, 5.74) is 0.246. The van der Waals surface area contributed by atoms with Crippen molar-refractivity contribution >= 4 is 11.8 Å². The van der Waals surface area contributed by atoms with Gasteiger partial charge < -0.3 is 5.32 Å². The van der Waals surface area contributed by atoms with Crippen molar-refractivity contribution in [2.24, 2.45) is 0 Å². The van der Waals surface area contributed by atoms with E-state index in [1.807, 2.05) is 0 Å². The van der Waals surface area contributed by atoms with Gasteiger partial charge in [-0.1, -0.05) is 20.8 Å². The lowest BCUT2D eigenvalue weighted by molar-refractivity contribution is 0.200. The van der Waals surface area contributed by atoms with Gasteiger partial charge in [-0.15, -0.1) is 0 Å². The van der Waals surface area contributed by atoms with E-state index in [1.165, 1.54) is 13.1 Å². The van der Waals surface area contributed by atoms with E-state index in [2.05, 4.69) is 56.6 Å². The molecule has 0 spiro atoms. The molecule has 2 unspecified atom stereocenters. The maximum absolute atomic E-state index is 3.55. The van der Waals surface area contributed by atoms with Gasteiger partial charge in [0.15, 0.2) is 0 Å². The Hall–Kier alpha value is 0.270. The zero-order valence-corrected chi connectivity index (χ0v) is 11.7. The van der Waals surface area contributed by atoms with Gasteiger partial charge in [-0.05, 0) is 20.4 Å². The summed E-state index contributed by atoms with van der Waals surface area (Å²) in [5.74, 6) is 0. The van der Waals surface area contributed by atoms with Crippen LogP contribution >= 0.6 is 11.8 Å². The molecule has 1 aliphatic rings. The summed E-state index contributed by atoms with van der Waals surface area (Å²) >= 11 is 2.12. The maximum atomic E-state index is 3.55. The molecule has 0 aromatic heterocycles. The van der Waals surface area contributed by atoms with E-state index in [-0.39, 0.29) is 5.54 Å². The molecule has 0 saturated carbocycles. The van der Waals surface area contributed by atoms with Crippen molar-refractivity contribution in [3.05, 3.63) is 0 Å². The van der Waals surface area contributed by atoms with Crippen LogP contribution in [-0.2, 0) is 0 Å². The Balaban J connectivity index is 2.43. The SMILES string of the molecule is CCNC(C)(C)CN1CC(C)SC(C)C1.